The van der Waals surface area contributed by atoms with Crippen LogP contribution in [-0.4, -0.2) is 27.7 Å². The third-order valence-corrected chi connectivity index (χ3v) is 2.92. The Balaban J connectivity index is 1.95. The van der Waals surface area contributed by atoms with E-state index in [-0.39, 0.29) is 0 Å². The molecule has 0 atom stereocenters. The predicted molar refractivity (Wildman–Crippen MR) is 59.1 cm³/mol. The van der Waals surface area contributed by atoms with E-state index in [2.05, 4.69) is 15.0 Å². The van der Waals surface area contributed by atoms with Crippen LogP contribution >= 0.6 is 0 Å². The van der Waals surface area contributed by atoms with Crippen LogP contribution in [0.25, 0.3) is 5.65 Å². The zero-order chi connectivity index (χ0) is 10.1. The molecule has 1 aliphatic rings. The molecule has 3 heterocycles. The maximum Gasteiger partial charge on any atom is 0.157 e. The number of hydrogen-bond acceptors (Lipinski definition) is 3. The van der Waals surface area contributed by atoms with Gasteiger partial charge in [0.25, 0.3) is 0 Å². The maximum absolute atomic E-state index is 4.59. The van der Waals surface area contributed by atoms with Gasteiger partial charge in [-0.2, -0.15) is 5.10 Å². The van der Waals surface area contributed by atoms with Crippen molar-refractivity contribution < 1.29 is 0 Å². The summed E-state index contributed by atoms with van der Waals surface area (Å²) in [6, 6.07) is 3.98. The first-order valence-corrected chi connectivity index (χ1v) is 5.49. The summed E-state index contributed by atoms with van der Waals surface area (Å²) in [4.78, 5) is 6.94. The van der Waals surface area contributed by atoms with Gasteiger partial charge in [0.2, 0.25) is 0 Å². The van der Waals surface area contributed by atoms with Crippen LogP contribution in [0.3, 0.4) is 0 Å². The third kappa shape index (κ3) is 1.56. The van der Waals surface area contributed by atoms with Crippen LogP contribution in [-0.2, 0) is 0 Å². The summed E-state index contributed by atoms with van der Waals surface area (Å²) in [5.41, 5.74) is 0.929. The highest BCUT2D eigenvalue weighted by atomic mass is 15.3. The summed E-state index contributed by atoms with van der Waals surface area (Å²) >= 11 is 0. The first kappa shape index (κ1) is 8.71. The lowest BCUT2D eigenvalue weighted by atomic mass is 10.1. The summed E-state index contributed by atoms with van der Waals surface area (Å²) in [7, 11) is 0. The average Bonchev–Trinajstić information content (AvgIpc) is 2.77. The molecule has 0 unspecified atom stereocenters. The standard InChI is InChI=1S/C11H14N4/c1-2-7-14(8-3-1)10-5-9-15-11(13-10)4-6-12-15/h4-6,9H,1-3,7-8H2. The van der Waals surface area contributed by atoms with Crippen LogP contribution < -0.4 is 4.90 Å². The molecule has 1 saturated heterocycles. The number of fused-ring (bicyclic) bond motifs is 1. The first-order chi connectivity index (χ1) is 7.43. The summed E-state index contributed by atoms with van der Waals surface area (Å²) < 4.78 is 1.80. The lowest BCUT2D eigenvalue weighted by Gasteiger charge is -2.27. The normalized spacial score (nSPS) is 17.2. The molecule has 4 heteroatoms. The fourth-order valence-electron chi connectivity index (χ4n) is 2.10. The van der Waals surface area contributed by atoms with Crippen molar-refractivity contribution in [1.82, 2.24) is 14.6 Å². The maximum atomic E-state index is 4.59. The Morgan fingerprint density at radius 1 is 1.07 bits per heavy atom. The van der Waals surface area contributed by atoms with Gasteiger partial charge in [-0.15, -0.1) is 0 Å². The van der Waals surface area contributed by atoms with Crippen molar-refractivity contribution in [1.29, 1.82) is 0 Å². The van der Waals surface area contributed by atoms with Gasteiger partial charge in [-0.3, -0.25) is 0 Å². The number of nitrogens with zero attached hydrogens (tertiary/aromatic N) is 4. The minimum absolute atomic E-state index is 0.929. The van der Waals surface area contributed by atoms with Crippen LogP contribution in [0, 0.1) is 0 Å². The fraction of sp³-hybridized carbons (Fsp3) is 0.455. The van der Waals surface area contributed by atoms with Gasteiger partial charge < -0.3 is 4.90 Å². The highest BCUT2D eigenvalue weighted by Gasteiger charge is 2.12. The Kier molecular flexibility index (Phi) is 2.05. The molecule has 3 rings (SSSR count). The van der Waals surface area contributed by atoms with Gasteiger partial charge >= 0.3 is 0 Å². The predicted octanol–water partition coefficient (Wildman–Crippen LogP) is 1.72. The van der Waals surface area contributed by atoms with E-state index >= 15 is 0 Å². The van der Waals surface area contributed by atoms with Gasteiger partial charge in [-0.1, -0.05) is 0 Å². The van der Waals surface area contributed by atoms with E-state index in [1.165, 1.54) is 19.3 Å². The molecular formula is C11H14N4. The molecule has 2 aromatic heterocycles. The van der Waals surface area contributed by atoms with Gasteiger partial charge in [-0.25, -0.2) is 9.50 Å². The van der Waals surface area contributed by atoms with E-state index in [1.54, 1.807) is 10.7 Å². The molecule has 2 aromatic rings. The van der Waals surface area contributed by atoms with E-state index in [9.17, 15) is 0 Å². The molecule has 0 spiro atoms. The summed E-state index contributed by atoms with van der Waals surface area (Å²) in [6.45, 7) is 2.27. The zero-order valence-electron chi connectivity index (χ0n) is 8.63. The molecular weight excluding hydrogens is 188 g/mol. The SMILES string of the molecule is c1cc2nc(N3CCCCC3)ccn2n1. The van der Waals surface area contributed by atoms with E-state index in [0.29, 0.717) is 0 Å². The molecule has 0 radical (unpaired) electrons. The smallest absolute Gasteiger partial charge is 0.157 e. The summed E-state index contributed by atoms with van der Waals surface area (Å²) in [5.74, 6) is 1.09. The molecule has 0 saturated carbocycles. The van der Waals surface area contributed by atoms with E-state index in [1.807, 2.05) is 18.3 Å². The minimum Gasteiger partial charge on any atom is -0.357 e. The number of piperidine rings is 1. The quantitative estimate of drug-likeness (QED) is 0.706. The minimum atomic E-state index is 0.929. The number of anilines is 1. The molecule has 0 amide bonds. The van der Waals surface area contributed by atoms with Crippen molar-refractivity contribution in [3.05, 3.63) is 24.5 Å². The van der Waals surface area contributed by atoms with Crippen molar-refractivity contribution in [2.75, 3.05) is 18.0 Å². The second-order valence-electron chi connectivity index (χ2n) is 3.97. The number of rotatable bonds is 1. The highest BCUT2D eigenvalue weighted by Crippen LogP contribution is 2.17. The van der Waals surface area contributed by atoms with Gasteiger partial charge in [0, 0.05) is 25.4 Å². The van der Waals surface area contributed by atoms with E-state index < -0.39 is 0 Å². The van der Waals surface area contributed by atoms with Crippen molar-refractivity contribution >= 4 is 11.5 Å². The van der Waals surface area contributed by atoms with Crippen molar-refractivity contribution in [3.63, 3.8) is 0 Å². The van der Waals surface area contributed by atoms with Crippen molar-refractivity contribution in [3.8, 4) is 0 Å². The van der Waals surface area contributed by atoms with Gasteiger partial charge in [0.05, 0.1) is 6.20 Å². The van der Waals surface area contributed by atoms with Crippen LogP contribution in [0.2, 0.25) is 0 Å². The van der Waals surface area contributed by atoms with Crippen LogP contribution in [0.5, 0.6) is 0 Å². The van der Waals surface area contributed by atoms with Crippen molar-refractivity contribution in [2.45, 2.75) is 19.3 Å². The summed E-state index contributed by atoms with van der Waals surface area (Å²) in [5, 5.41) is 4.14. The second-order valence-corrected chi connectivity index (χ2v) is 3.97. The van der Waals surface area contributed by atoms with E-state index in [4.69, 9.17) is 0 Å². The van der Waals surface area contributed by atoms with E-state index in [0.717, 1.165) is 24.6 Å². The van der Waals surface area contributed by atoms with Gasteiger partial charge in [0.15, 0.2) is 5.65 Å². The Morgan fingerprint density at radius 2 is 1.93 bits per heavy atom. The topological polar surface area (TPSA) is 33.4 Å². The third-order valence-electron chi connectivity index (χ3n) is 2.92. The average molecular weight is 202 g/mol. The number of aromatic nitrogens is 3. The molecule has 1 aliphatic heterocycles. The lowest BCUT2D eigenvalue weighted by molar-refractivity contribution is 0.573. The Morgan fingerprint density at radius 3 is 2.80 bits per heavy atom. The largest absolute Gasteiger partial charge is 0.357 e. The summed E-state index contributed by atoms with van der Waals surface area (Å²) in [6.07, 6.45) is 7.68. The molecule has 4 nitrogen and oxygen atoms in total. The fourth-order valence-corrected chi connectivity index (χ4v) is 2.10. The van der Waals surface area contributed by atoms with Crippen LogP contribution in [0.4, 0.5) is 5.82 Å². The zero-order valence-corrected chi connectivity index (χ0v) is 8.63. The highest BCUT2D eigenvalue weighted by molar-refractivity contribution is 5.47. The molecule has 0 N–H and O–H groups in total. The van der Waals surface area contributed by atoms with Crippen LogP contribution in [0.15, 0.2) is 24.5 Å². The molecule has 15 heavy (non-hydrogen) atoms. The van der Waals surface area contributed by atoms with Crippen molar-refractivity contribution in [2.24, 2.45) is 0 Å². The Hall–Kier alpha value is -1.58. The molecule has 78 valence electrons. The lowest BCUT2D eigenvalue weighted by Crippen LogP contribution is -2.30. The molecule has 0 aromatic carbocycles. The second kappa shape index (κ2) is 3.53. The number of hydrogen-bond donors (Lipinski definition) is 0. The monoisotopic (exact) mass is 202 g/mol. The van der Waals surface area contributed by atoms with Crippen LogP contribution in [0.1, 0.15) is 19.3 Å². The molecule has 1 fully saturated rings. The van der Waals surface area contributed by atoms with Gasteiger partial charge in [-0.05, 0) is 25.3 Å². The first-order valence-electron chi connectivity index (χ1n) is 5.49. The molecule has 0 bridgehead atoms. The van der Waals surface area contributed by atoms with Gasteiger partial charge in [0.1, 0.15) is 5.82 Å². The molecule has 0 aliphatic carbocycles. The Bertz CT molecular complexity index is 456. The Labute approximate surface area is 88.5 Å².